The Morgan fingerprint density at radius 1 is 0.761 bits per heavy atom. The first kappa shape index (κ1) is 35.8. The van der Waals surface area contributed by atoms with Crippen LogP contribution in [0.3, 0.4) is 0 Å². The zero-order chi connectivity index (χ0) is 34.0. The second-order valence-electron chi connectivity index (χ2n) is 10.4. The summed E-state index contributed by atoms with van der Waals surface area (Å²) in [4.78, 5) is 28.8. The van der Waals surface area contributed by atoms with E-state index in [4.69, 9.17) is 23.7 Å². The van der Waals surface area contributed by atoms with E-state index in [0.717, 1.165) is 4.31 Å². The fourth-order valence-corrected chi connectivity index (χ4v) is 6.02. The number of nitrogens with zero attached hydrogens (tertiary/aromatic N) is 2. The van der Waals surface area contributed by atoms with Crippen molar-refractivity contribution in [2.45, 2.75) is 50.7 Å². The van der Waals surface area contributed by atoms with Crippen molar-refractivity contribution in [1.29, 1.82) is 0 Å². The summed E-state index contributed by atoms with van der Waals surface area (Å²) < 4.78 is 56.6. The number of methoxy groups -OCH3 is 5. The van der Waals surface area contributed by atoms with Gasteiger partial charge in [0.1, 0.15) is 29.8 Å². The predicted octanol–water partition coefficient (Wildman–Crippen LogP) is 4.26. The molecule has 46 heavy (non-hydrogen) atoms. The van der Waals surface area contributed by atoms with E-state index in [1.165, 1.54) is 57.6 Å². The molecule has 3 rings (SSSR count). The maximum Gasteiger partial charge on any atom is 0.265 e. The first-order chi connectivity index (χ1) is 21.9. The number of ether oxygens (including phenoxy) is 5. The maximum atomic E-state index is 14.4. The lowest BCUT2D eigenvalue weighted by molar-refractivity contribution is -0.139. The van der Waals surface area contributed by atoms with Crippen LogP contribution >= 0.6 is 0 Å². The first-order valence-corrected chi connectivity index (χ1v) is 16.1. The Balaban J connectivity index is 2.16. The van der Waals surface area contributed by atoms with Crippen LogP contribution in [-0.2, 0) is 26.2 Å². The minimum absolute atomic E-state index is 0.0252. The van der Waals surface area contributed by atoms with Gasteiger partial charge in [-0.3, -0.25) is 13.9 Å². The molecule has 0 aliphatic heterocycles. The summed E-state index contributed by atoms with van der Waals surface area (Å²) in [5, 5.41) is 2.92. The average molecular weight is 658 g/mol. The maximum absolute atomic E-state index is 14.4. The van der Waals surface area contributed by atoms with Gasteiger partial charge >= 0.3 is 0 Å². The van der Waals surface area contributed by atoms with Crippen molar-refractivity contribution in [3.63, 3.8) is 0 Å². The molecule has 0 spiro atoms. The lowest BCUT2D eigenvalue weighted by Gasteiger charge is -2.33. The molecule has 0 heterocycles. The third-order valence-corrected chi connectivity index (χ3v) is 9.31. The third kappa shape index (κ3) is 8.33. The van der Waals surface area contributed by atoms with Crippen molar-refractivity contribution in [3.05, 3.63) is 66.2 Å². The zero-order valence-corrected chi connectivity index (χ0v) is 28.3. The monoisotopic (exact) mass is 657 g/mol. The zero-order valence-electron chi connectivity index (χ0n) is 27.5. The standard InChI is InChI=1S/C33H43N3O9S/c1-9-22(2)34-33(38)23(3)35(20-24-10-12-25(41-4)13-11-24)32(37)21-36(28-18-26(42-5)14-16-29(28)43-6)46(39,40)27-15-17-30(44-7)31(19-27)45-8/h10-19,22-23H,9,20-21H2,1-8H3,(H,34,38). The fourth-order valence-electron chi connectivity index (χ4n) is 4.59. The van der Waals surface area contributed by atoms with Crippen molar-refractivity contribution in [1.82, 2.24) is 10.2 Å². The smallest absolute Gasteiger partial charge is 0.265 e. The molecular weight excluding hydrogens is 614 g/mol. The van der Waals surface area contributed by atoms with Gasteiger partial charge in [0.15, 0.2) is 11.5 Å². The molecule has 0 saturated heterocycles. The molecule has 3 aromatic rings. The van der Waals surface area contributed by atoms with E-state index >= 15 is 0 Å². The summed E-state index contributed by atoms with van der Waals surface area (Å²) >= 11 is 0. The van der Waals surface area contributed by atoms with E-state index in [-0.39, 0.29) is 40.6 Å². The van der Waals surface area contributed by atoms with Gasteiger partial charge in [0.05, 0.1) is 46.1 Å². The van der Waals surface area contributed by atoms with Gasteiger partial charge < -0.3 is 33.9 Å². The highest BCUT2D eigenvalue weighted by molar-refractivity contribution is 7.92. The molecule has 0 radical (unpaired) electrons. The molecule has 0 aromatic heterocycles. The third-order valence-electron chi connectivity index (χ3n) is 7.56. The van der Waals surface area contributed by atoms with Gasteiger partial charge in [0.2, 0.25) is 11.8 Å². The summed E-state index contributed by atoms with van der Waals surface area (Å²) in [6.07, 6.45) is 0.692. The van der Waals surface area contributed by atoms with E-state index in [0.29, 0.717) is 29.2 Å². The molecule has 3 aromatic carbocycles. The number of hydrogen-bond donors (Lipinski definition) is 1. The average Bonchev–Trinajstić information content (AvgIpc) is 3.08. The Labute approximate surface area is 271 Å². The molecular formula is C33H43N3O9S. The highest BCUT2D eigenvalue weighted by Gasteiger charge is 2.35. The number of rotatable bonds is 16. The van der Waals surface area contributed by atoms with Gasteiger partial charge in [-0.1, -0.05) is 19.1 Å². The summed E-state index contributed by atoms with van der Waals surface area (Å²) in [5.41, 5.74) is 0.775. The molecule has 250 valence electrons. The van der Waals surface area contributed by atoms with Crippen molar-refractivity contribution in [2.75, 3.05) is 46.4 Å². The van der Waals surface area contributed by atoms with Gasteiger partial charge in [-0.2, -0.15) is 0 Å². The highest BCUT2D eigenvalue weighted by atomic mass is 32.2. The first-order valence-electron chi connectivity index (χ1n) is 14.6. The van der Waals surface area contributed by atoms with E-state index < -0.39 is 28.5 Å². The highest BCUT2D eigenvalue weighted by Crippen LogP contribution is 2.37. The van der Waals surface area contributed by atoms with E-state index in [1.54, 1.807) is 50.4 Å². The van der Waals surface area contributed by atoms with Crippen LogP contribution in [0.25, 0.3) is 0 Å². The van der Waals surface area contributed by atoms with Gasteiger partial charge in [-0.25, -0.2) is 8.42 Å². The Morgan fingerprint density at radius 3 is 1.91 bits per heavy atom. The number of nitrogens with one attached hydrogen (secondary N) is 1. The normalized spacial score (nSPS) is 12.3. The van der Waals surface area contributed by atoms with Crippen LogP contribution in [0.4, 0.5) is 5.69 Å². The van der Waals surface area contributed by atoms with Crippen LogP contribution in [0.15, 0.2) is 65.6 Å². The van der Waals surface area contributed by atoms with Crippen LogP contribution < -0.4 is 33.3 Å². The Hall–Kier alpha value is -4.65. The number of anilines is 1. The van der Waals surface area contributed by atoms with Crippen LogP contribution in [-0.4, -0.2) is 79.3 Å². The van der Waals surface area contributed by atoms with Crippen molar-refractivity contribution in [3.8, 4) is 28.7 Å². The topological polar surface area (TPSA) is 133 Å². The lowest BCUT2D eigenvalue weighted by Crippen LogP contribution is -2.52. The van der Waals surface area contributed by atoms with Gasteiger partial charge in [0.25, 0.3) is 10.0 Å². The molecule has 2 atom stereocenters. The second kappa shape index (κ2) is 16.1. The van der Waals surface area contributed by atoms with Crippen molar-refractivity contribution >= 4 is 27.5 Å². The Kier molecular flexibility index (Phi) is 12.5. The minimum Gasteiger partial charge on any atom is -0.497 e. The number of hydrogen-bond acceptors (Lipinski definition) is 9. The molecule has 0 bridgehead atoms. The second-order valence-corrected chi connectivity index (χ2v) is 12.3. The fraction of sp³-hybridized carbons (Fsp3) is 0.394. The molecule has 13 heteroatoms. The summed E-state index contributed by atoms with van der Waals surface area (Å²) in [6.45, 7) is 4.77. The molecule has 2 amide bonds. The quantitative estimate of drug-likeness (QED) is 0.240. The Morgan fingerprint density at radius 2 is 1.35 bits per heavy atom. The van der Waals surface area contributed by atoms with Crippen LogP contribution in [0.1, 0.15) is 32.8 Å². The van der Waals surface area contributed by atoms with Crippen molar-refractivity contribution in [2.24, 2.45) is 0 Å². The summed E-state index contributed by atoms with van der Waals surface area (Å²) in [5.74, 6) is 0.662. The number of sulfonamides is 1. The minimum atomic E-state index is -4.45. The lowest BCUT2D eigenvalue weighted by atomic mass is 10.1. The van der Waals surface area contributed by atoms with Crippen LogP contribution in [0.2, 0.25) is 0 Å². The van der Waals surface area contributed by atoms with Gasteiger partial charge in [-0.05, 0) is 62.2 Å². The number of carbonyl (C=O) groups excluding carboxylic acids is 2. The van der Waals surface area contributed by atoms with Crippen molar-refractivity contribution < 1.29 is 41.7 Å². The molecule has 12 nitrogen and oxygen atoms in total. The molecule has 0 saturated carbocycles. The summed E-state index contributed by atoms with van der Waals surface area (Å²) in [7, 11) is 2.77. The van der Waals surface area contributed by atoms with E-state index in [1.807, 2.05) is 13.8 Å². The predicted molar refractivity (Wildman–Crippen MR) is 175 cm³/mol. The number of benzene rings is 3. The molecule has 1 N–H and O–H groups in total. The van der Waals surface area contributed by atoms with E-state index in [9.17, 15) is 18.0 Å². The number of amides is 2. The van der Waals surface area contributed by atoms with Crippen LogP contribution in [0.5, 0.6) is 28.7 Å². The van der Waals surface area contributed by atoms with Gasteiger partial charge in [-0.15, -0.1) is 0 Å². The molecule has 0 aliphatic carbocycles. The van der Waals surface area contributed by atoms with Crippen LogP contribution in [0, 0.1) is 0 Å². The van der Waals surface area contributed by atoms with E-state index in [2.05, 4.69) is 5.32 Å². The van der Waals surface area contributed by atoms with Gasteiger partial charge in [0, 0.05) is 24.7 Å². The molecule has 0 aliphatic rings. The number of carbonyl (C=O) groups is 2. The summed E-state index contributed by atoms with van der Waals surface area (Å²) in [6, 6.07) is 14.8. The SMILES string of the molecule is CCC(C)NC(=O)C(C)N(Cc1ccc(OC)cc1)C(=O)CN(c1cc(OC)ccc1OC)S(=O)(=O)c1ccc(OC)c(OC)c1. The Bertz CT molecular complexity index is 1600. The largest absolute Gasteiger partial charge is 0.497 e. The molecule has 2 unspecified atom stereocenters. The molecule has 0 fully saturated rings.